The van der Waals surface area contributed by atoms with E-state index in [9.17, 15) is 0 Å². The molecule has 2 rings (SSSR count). The van der Waals surface area contributed by atoms with Gasteiger partial charge in [-0.3, -0.25) is 4.90 Å². The van der Waals surface area contributed by atoms with Crippen molar-refractivity contribution >= 4 is 5.84 Å². The number of nitrogens with two attached hydrogens (primary N) is 1. The largest absolute Gasteiger partial charge is 0.409 e. The van der Waals surface area contributed by atoms with E-state index in [1.54, 1.807) is 0 Å². The van der Waals surface area contributed by atoms with Crippen LogP contribution in [-0.2, 0) is 6.54 Å². The maximum absolute atomic E-state index is 8.62. The van der Waals surface area contributed by atoms with Gasteiger partial charge < -0.3 is 15.8 Å². The molecular formula is C14H22N4O. The highest BCUT2D eigenvalue weighted by Gasteiger charge is 2.23. The van der Waals surface area contributed by atoms with Crippen molar-refractivity contribution in [1.82, 2.24) is 9.80 Å². The van der Waals surface area contributed by atoms with Gasteiger partial charge in [0, 0.05) is 31.2 Å². The molecule has 1 atom stereocenters. The van der Waals surface area contributed by atoms with Crippen LogP contribution in [0.3, 0.4) is 0 Å². The monoisotopic (exact) mass is 262 g/mol. The molecule has 3 N–H and O–H groups in total. The lowest BCUT2D eigenvalue weighted by Gasteiger charge is -2.20. The minimum atomic E-state index is 0.153. The third-order valence-corrected chi connectivity index (χ3v) is 3.74. The first-order valence-electron chi connectivity index (χ1n) is 6.56. The number of hydrogen-bond donors (Lipinski definition) is 2. The number of likely N-dealkylation sites (tertiary alicyclic amines) is 1. The SMILES string of the molecule is CN(C)C1CCN(Cc2ccc(C(N)=NO)cc2)C1. The predicted molar refractivity (Wildman–Crippen MR) is 76.3 cm³/mol. The zero-order valence-corrected chi connectivity index (χ0v) is 11.6. The summed E-state index contributed by atoms with van der Waals surface area (Å²) in [6.45, 7) is 3.22. The van der Waals surface area contributed by atoms with Crippen LogP contribution in [0, 0.1) is 0 Å². The molecule has 0 aliphatic carbocycles. The normalized spacial score (nSPS) is 21.2. The molecule has 0 bridgehead atoms. The van der Waals surface area contributed by atoms with E-state index in [4.69, 9.17) is 10.9 Å². The number of amidine groups is 1. The van der Waals surface area contributed by atoms with Gasteiger partial charge in [0.1, 0.15) is 0 Å². The first kappa shape index (κ1) is 13.8. The summed E-state index contributed by atoms with van der Waals surface area (Å²) in [5, 5.41) is 11.6. The van der Waals surface area contributed by atoms with Crippen molar-refractivity contribution in [3.63, 3.8) is 0 Å². The minimum Gasteiger partial charge on any atom is -0.409 e. The molecule has 1 unspecified atom stereocenters. The lowest BCUT2D eigenvalue weighted by molar-refractivity contribution is 0.264. The molecule has 1 fully saturated rings. The average Bonchev–Trinajstić information content (AvgIpc) is 2.87. The minimum absolute atomic E-state index is 0.153. The second-order valence-electron chi connectivity index (χ2n) is 5.32. The smallest absolute Gasteiger partial charge is 0.170 e. The molecule has 1 saturated heterocycles. The van der Waals surface area contributed by atoms with Gasteiger partial charge >= 0.3 is 0 Å². The topological polar surface area (TPSA) is 65.1 Å². The molecule has 1 aromatic carbocycles. The van der Waals surface area contributed by atoms with Gasteiger partial charge in [-0.05, 0) is 26.1 Å². The Balaban J connectivity index is 1.94. The summed E-state index contributed by atoms with van der Waals surface area (Å²) >= 11 is 0. The van der Waals surface area contributed by atoms with Gasteiger partial charge in [0.15, 0.2) is 5.84 Å². The first-order chi connectivity index (χ1) is 9.10. The number of nitrogens with zero attached hydrogens (tertiary/aromatic N) is 3. The Kier molecular flexibility index (Phi) is 4.39. The molecule has 5 nitrogen and oxygen atoms in total. The Morgan fingerprint density at radius 1 is 1.42 bits per heavy atom. The van der Waals surface area contributed by atoms with Crippen LogP contribution in [0.2, 0.25) is 0 Å². The molecule has 19 heavy (non-hydrogen) atoms. The first-order valence-corrected chi connectivity index (χ1v) is 6.56. The van der Waals surface area contributed by atoms with Gasteiger partial charge in [0.25, 0.3) is 0 Å². The van der Waals surface area contributed by atoms with Crippen molar-refractivity contribution < 1.29 is 5.21 Å². The highest BCUT2D eigenvalue weighted by Crippen LogP contribution is 2.16. The number of hydrogen-bond acceptors (Lipinski definition) is 4. The van der Waals surface area contributed by atoms with Crippen molar-refractivity contribution in [1.29, 1.82) is 0 Å². The molecule has 1 aromatic rings. The summed E-state index contributed by atoms with van der Waals surface area (Å²) in [5.41, 5.74) is 7.55. The van der Waals surface area contributed by atoms with Crippen LogP contribution in [-0.4, -0.2) is 54.1 Å². The maximum atomic E-state index is 8.62. The second kappa shape index (κ2) is 6.04. The van der Waals surface area contributed by atoms with Gasteiger partial charge in [-0.1, -0.05) is 29.4 Å². The Hall–Kier alpha value is -1.59. The predicted octanol–water partition coefficient (Wildman–Crippen LogP) is 0.917. The van der Waals surface area contributed by atoms with Crippen LogP contribution in [0.5, 0.6) is 0 Å². The van der Waals surface area contributed by atoms with E-state index in [1.165, 1.54) is 12.0 Å². The van der Waals surface area contributed by atoms with Gasteiger partial charge in [-0.2, -0.15) is 0 Å². The molecule has 0 saturated carbocycles. The molecule has 0 spiro atoms. The Morgan fingerprint density at radius 2 is 2.11 bits per heavy atom. The van der Waals surface area contributed by atoms with Crippen molar-refractivity contribution in [2.24, 2.45) is 10.9 Å². The number of benzene rings is 1. The number of likely N-dealkylation sites (N-methyl/N-ethyl adjacent to an activating group) is 1. The molecule has 1 heterocycles. The van der Waals surface area contributed by atoms with Crippen molar-refractivity contribution in [2.45, 2.75) is 19.0 Å². The average molecular weight is 262 g/mol. The maximum Gasteiger partial charge on any atom is 0.170 e. The molecule has 1 aliphatic heterocycles. The fourth-order valence-electron chi connectivity index (χ4n) is 2.47. The van der Waals surface area contributed by atoms with E-state index in [0.717, 1.165) is 25.2 Å². The molecule has 104 valence electrons. The molecule has 0 radical (unpaired) electrons. The summed E-state index contributed by atoms with van der Waals surface area (Å²) < 4.78 is 0. The van der Waals surface area contributed by atoms with E-state index >= 15 is 0 Å². The van der Waals surface area contributed by atoms with E-state index in [2.05, 4.69) is 29.1 Å². The summed E-state index contributed by atoms with van der Waals surface area (Å²) in [6.07, 6.45) is 1.23. The van der Waals surface area contributed by atoms with Crippen LogP contribution in [0.15, 0.2) is 29.4 Å². The van der Waals surface area contributed by atoms with E-state index in [-0.39, 0.29) is 5.84 Å². The molecule has 1 aliphatic rings. The molecular weight excluding hydrogens is 240 g/mol. The Morgan fingerprint density at radius 3 is 2.63 bits per heavy atom. The Labute approximate surface area is 114 Å². The van der Waals surface area contributed by atoms with Crippen molar-refractivity contribution in [3.8, 4) is 0 Å². The van der Waals surface area contributed by atoms with E-state index in [1.807, 2.05) is 24.3 Å². The summed E-state index contributed by atoms with van der Waals surface area (Å²) in [6, 6.07) is 8.52. The summed E-state index contributed by atoms with van der Waals surface area (Å²) in [7, 11) is 4.28. The van der Waals surface area contributed by atoms with Gasteiger partial charge in [-0.25, -0.2) is 0 Å². The number of oxime groups is 1. The molecule has 0 aromatic heterocycles. The van der Waals surface area contributed by atoms with Crippen LogP contribution >= 0.6 is 0 Å². The highest BCUT2D eigenvalue weighted by molar-refractivity contribution is 5.96. The fraction of sp³-hybridized carbons (Fsp3) is 0.500. The fourth-order valence-corrected chi connectivity index (χ4v) is 2.47. The van der Waals surface area contributed by atoms with E-state index < -0.39 is 0 Å². The van der Waals surface area contributed by atoms with Crippen LogP contribution in [0.25, 0.3) is 0 Å². The van der Waals surface area contributed by atoms with Gasteiger partial charge in [0.05, 0.1) is 0 Å². The molecule has 5 heteroatoms. The van der Waals surface area contributed by atoms with Gasteiger partial charge in [0.2, 0.25) is 0 Å². The number of rotatable bonds is 4. The van der Waals surface area contributed by atoms with Crippen molar-refractivity contribution in [3.05, 3.63) is 35.4 Å². The van der Waals surface area contributed by atoms with Crippen LogP contribution < -0.4 is 5.73 Å². The summed E-state index contributed by atoms with van der Waals surface area (Å²) in [5.74, 6) is 0.153. The standard InChI is InChI=1S/C14H22N4O/c1-17(2)13-7-8-18(10-13)9-11-3-5-12(6-4-11)14(15)16-19/h3-6,13,19H,7-10H2,1-2H3,(H2,15,16). The Bertz CT molecular complexity index is 441. The van der Waals surface area contributed by atoms with Crippen molar-refractivity contribution in [2.75, 3.05) is 27.2 Å². The van der Waals surface area contributed by atoms with Crippen LogP contribution in [0.1, 0.15) is 17.5 Å². The van der Waals surface area contributed by atoms with E-state index in [0.29, 0.717) is 6.04 Å². The third-order valence-electron chi connectivity index (χ3n) is 3.74. The zero-order valence-electron chi connectivity index (χ0n) is 11.6. The highest BCUT2D eigenvalue weighted by atomic mass is 16.4. The van der Waals surface area contributed by atoms with Gasteiger partial charge in [-0.15, -0.1) is 0 Å². The summed E-state index contributed by atoms with van der Waals surface area (Å²) in [4.78, 5) is 4.75. The second-order valence-corrected chi connectivity index (χ2v) is 5.32. The lowest BCUT2D eigenvalue weighted by atomic mass is 10.1. The molecule has 0 amide bonds. The zero-order chi connectivity index (χ0) is 13.8. The van der Waals surface area contributed by atoms with Crippen LogP contribution in [0.4, 0.5) is 0 Å². The lowest BCUT2D eigenvalue weighted by Crippen LogP contribution is -2.31. The quantitative estimate of drug-likeness (QED) is 0.366. The third kappa shape index (κ3) is 3.45.